The van der Waals surface area contributed by atoms with Gasteiger partial charge in [-0.05, 0) is 37.6 Å². The number of sulfonamides is 1. The molecule has 7 heteroatoms. The molecule has 0 fully saturated rings. The number of carbonyl (C=O) groups is 1. The number of likely N-dealkylation sites (N-methyl/N-ethyl adjacent to an activating group) is 1. The van der Waals surface area contributed by atoms with Crippen molar-refractivity contribution in [2.24, 2.45) is 5.73 Å². The molecule has 0 radical (unpaired) electrons. The Balaban J connectivity index is 2.69. The fraction of sp³-hybridized carbons (Fsp3) is 0.417. The number of carbonyl (C=O) groups excluding carboxylic acids is 1. The molecule has 0 aliphatic carbocycles. The van der Waals surface area contributed by atoms with E-state index in [-0.39, 0.29) is 17.3 Å². The number of benzene rings is 1. The third kappa shape index (κ3) is 4.98. The lowest BCUT2D eigenvalue weighted by molar-refractivity contribution is -0.119. The number of hydrogen-bond acceptors (Lipinski definition) is 4. The van der Waals surface area contributed by atoms with Gasteiger partial charge in [0.1, 0.15) is 0 Å². The molecule has 0 saturated heterocycles. The van der Waals surface area contributed by atoms with Crippen molar-refractivity contribution in [1.82, 2.24) is 10.0 Å². The first kappa shape index (κ1) is 15.6. The quantitative estimate of drug-likeness (QED) is 0.634. The van der Waals surface area contributed by atoms with Crippen LogP contribution in [0.25, 0.3) is 0 Å². The first-order valence-electron chi connectivity index (χ1n) is 6.05. The van der Waals surface area contributed by atoms with Crippen molar-refractivity contribution < 1.29 is 13.2 Å². The molecule has 1 rings (SSSR count). The molecule has 0 spiro atoms. The Morgan fingerprint density at radius 3 is 2.42 bits per heavy atom. The highest BCUT2D eigenvalue weighted by molar-refractivity contribution is 7.89. The number of amides is 1. The molecule has 1 aromatic carbocycles. The zero-order valence-corrected chi connectivity index (χ0v) is 11.7. The van der Waals surface area contributed by atoms with Crippen molar-refractivity contribution in [2.75, 3.05) is 19.6 Å². The third-order valence-corrected chi connectivity index (χ3v) is 3.88. The van der Waals surface area contributed by atoms with Gasteiger partial charge in [-0.3, -0.25) is 4.79 Å². The predicted octanol–water partition coefficient (Wildman–Crippen LogP) is -0.398. The van der Waals surface area contributed by atoms with Crippen LogP contribution in [0.1, 0.15) is 12.5 Å². The normalized spacial score (nSPS) is 11.3. The van der Waals surface area contributed by atoms with Crippen LogP contribution in [0.3, 0.4) is 0 Å². The lowest BCUT2D eigenvalue weighted by atomic mass is 10.2. The number of nitrogens with two attached hydrogens (primary N) is 1. The van der Waals surface area contributed by atoms with E-state index in [0.29, 0.717) is 19.5 Å². The summed E-state index contributed by atoms with van der Waals surface area (Å²) < 4.78 is 26.0. The zero-order valence-electron chi connectivity index (χ0n) is 10.8. The highest BCUT2D eigenvalue weighted by Crippen LogP contribution is 2.10. The predicted molar refractivity (Wildman–Crippen MR) is 73.1 cm³/mol. The van der Waals surface area contributed by atoms with Crippen LogP contribution in [0.15, 0.2) is 29.2 Å². The van der Waals surface area contributed by atoms with Gasteiger partial charge in [-0.1, -0.05) is 12.1 Å². The highest BCUT2D eigenvalue weighted by atomic mass is 32.2. The van der Waals surface area contributed by atoms with Gasteiger partial charge < -0.3 is 11.1 Å². The fourth-order valence-corrected chi connectivity index (χ4v) is 2.49. The van der Waals surface area contributed by atoms with Gasteiger partial charge in [0.2, 0.25) is 15.9 Å². The topological polar surface area (TPSA) is 101 Å². The van der Waals surface area contributed by atoms with Crippen LogP contribution in [0.5, 0.6) is 0 Å². The molecule has 19 heavy (non-hydrogen) atoms. The molecule has 0 aliphatic rings. The van der Waals surface area contributed by atoms with Gasteiger partial charge in [0.25, 0.3) is 0 Å². The summed E-state index contributed by atoms with van der Waals surface area (Å²) in [5, 5.41) is 2.52. The SMILES string of the molecule is CCNC(=O)CNS(=O)(=O)c1ccc(CCN)cc1. The van der Waals surface area contributed by atoms with Crippen LogP contribution >= 0.6 is 0 Å². The molecule has 0 aromatic heterocycles. The number of rotatable bonds is 7. The third-order valence-electron chi connectivity index (χ3n) is 2.46. The van der Waals surface area contributed by atoms with E-state index < -0.39 is 10.0 Å². The van der Waals surface area contributed by atoms with Crippen LogP contribution in [-0.4, -0.2) is 34.0 Å². The van der Waals surface area contributed by atoms with Crippen molar-refractivity contribution in [3.8, 4) is 0 Å². The van der Waals surface area contributed by atoms with Gasteiger partial charge >= 0.3 is 0 Å². The summed E-state index contributed by atoms with van der Waals surface area (Å²) in [6.07, 6.45) is 0.701. The second-order valence-electron chi connectivity index (χ2n) is 3.96. The standard InChI is InChI=1S/C12H19N3O3S/c1-2-14-12(16)9-15-19(17,18)11-5-3-10(4-6-11)7-8-13/h3-6,15H,2,7-9,13H2,1H3,(H,14,16). The van der Waals surface area contributed by atoms with E-state index in [9.17, 15) is 13.2 Å². The summed E-state index contributed by atoms with van der Waals surface area (Å²) in [6.45, 7) is 2.49. The van der Waals surface area contributed by atoms with Gasteiger partial charge in [0, 0.05) is 6.54 Å². The van der Waals surface area contributed by atoms with E-state index >= 15 is 0 Å². The lowest BCUT2D eigenvalue weighted by Gasteiger charge is -2.07. The van der Waals surface area contributed by atoms with Crippen molar-refractivity contribution >= 4 is 15.9 Å². The Morgan fingerprint density at radius 2 is 1.89 bits per heavy atom. The van der Waals surface area contributed by atoms with Crippen molar-refractivity contribution in [3.63, 3.8) is 0 Å². The van der Waals surface area contributed by atoms with E-state index in [1.807, 2.05) is 0 Å². The van der Waals surface area contributed by atoms with Gasteiger partial charge in [-0.2, -0.15) is 0 Å². The zero-order chi connectivity index (χ0) is 14.3. The summed E-state index contributed by atoms with van der Waals surface area (Å²) in [5.74, 6) is -0.356. The molecule has 106 valence electrons. The molecule has 1 amide bonds. The van der Waals surface area contributed by atoms with Crippen molar-refractivity contribution in [2.45, 2.75) is 18.2 Å². The van der Waals surface area contributed by atoms with Gasteiger partial charge in [0.05, 0.1) is 11.4 Å². The highest BCUT2D eigenvalue weighted by Gasteiger charge is 2.14. The van der Waals surface area contributed by atoms with Crippen LogP contribution in [0.2, 0.25) is 0 Å². The first-order valence-corrected chi connectivity index (χ1v) is 7.53. The second-order valence-corrected chi connectivity index (χ2v) is 5.73. The van der Waals surface area contributed by atoms with E-state index in [1.54, 1.807) is 19.1 Å². The molecule has 1 aromatic rings. The Bertz CT molecular complexity index is 512. The molecular weight excluding hydrogens is 266 g/mol. The molecule has 0 bridgehead atoms. The molecule has 0 heterocycles. The number of hydrogen-bond donors (Lipinski definition) is 3. The van der Waals surface area contributed by atoms with E-state index in [2.05, 4.69) is 10.0 Å². The minimum Gasteiger partial charge on any atom is -0.355 e. The lowest BCUT2D eigenvalue weighted by Crippen LogP contribution is -2.36. The summed E-state index contributed by atoms with van der Waals surface area (Å²) in [5.41, 5.74) is 6.40. The fourth-order valence-electron chi connectivity index (χ4n) is 1.51. The maximum atomic E-state index is 11.9. The van der Waals surface area contributed by atoms with E-state index in [4.69, 9.17) is 5.73 Å². The molecular formula is C12H19N3O3S. The maximum Gasteiger partial charge on any atom is 0.241 e. The van der Waals surface area contributed by atoms with E-state index in [0.717, 1.165) is 5.56 Å². The first-order chi connectivity index (χ1) is 8.99. The molecule has 0 unspecified atom stereocenters. The van der Waals surface area contributed by atoms with Gasteiger partial charge in [0.15, 0.2) is 0 Å². The minimum atomic E-state index is -3.65. The van der Waals surface area contributed by atoms with Crippen LogP contribution in [-0.2, 0) is 21.2 Å². The Hall–Kier alpha value is -1.44. The average Bonchev–Trinajstić information content (AvgIpc) is 2.38. The second kappa shape index (κ2) is 7.22. The molecule has 6 nitrogen and oxygen atoms in total. The van der Waals surface area contributed by atoms with Gasteiger partial charge in [-0.15, -0.1) is 0 Å². The molecule has 4 N–H and O–H groups in total. The minimum absolute atomic E-state index is 0.137. The summed E-state index contributed by atoms with van der Waals surface area (Å²) in [7, 11) is -3.65. The smallest absolute Gasteiger partial charge is 0.241 e. The largest absolute Gasteiger partial charge is 0.355 e. The van der Waals surface area contributed by atoms with Crippen LogP contribution < -0.4 is 15.8 Å². The van der Waals surface area contributed by atoms with Crippen molar-refractivity contribution in [1.29, 1.82) is 0 Å². The number of nitrogens with one attached hydrogen (secondary N) is 2. The molecule has 0 aliphatic heterocycles. The Kier molecular flexibility index (Phi) is 5.94. The monoisotopic (exact) mass is 285 g/mol. The molecule has 0 saturated carbocycles. The maximum absolute atomic E-state index is 11.9. The van der Waals surface area contributed by atoms with E-state index in [1.165, 1.54) is 12.1 Å². The van der Waals surface area contributed by atoms with Crippen LogP contribution in [0, 0.1) is 0 Å². The average molecular weight is 285 g/mol. The Morgan fingerprint density at radius 1 is 1.26 bits per heavy atom. The summed E-state index contributed by atoms with van der Waals surface area (Å²) in [6, 6.07) is 6.44. The summed E-state index contributed by atoms with van der Waals surface area (Å²) >= 11 is 0. The molecule has 0 atom stereocenters. The summed E-state index contributed by atoms with van der Waals surface area (Å²) in [4.78, 5) is 11.3. The van der Waals surface area contributed by atoms with Gasteiger partial charge in [-0.25, -0.2) is 13.1 Å². The van der Waals surface area contributed by atoms with Crippen molar-refractivity contribution in [3.05, 3.63) is 29.8 Å². The van der Waals surface area contributed by atoms with Crippen LogP contribution in [0.4, 0.5) is 0 Å². The Labute approximate surface area is 113 Å².